The number of hydrogen-bond acceptors (Lipinski definition) is 2. The smallest absolute Gasteiger partial charge is 0.126 e. The van der Waals surface area contributed by atoms with Crippen molar-refractivity contribution in [2.75, 3.05) is 0 Å². The van der Waals surface area contributed by atoms with E-state index >= 15 is 0 Å². The van der Waals surface area contributed by atoms with Crippen LogP contribution in [0.3, 0.4) is 0 Å². The topological polar surface area (TPSA) is 43.8 Å². The molecule has 0 fully saturated rings. The van der Waals surface area contributed by atoms with Crippen LogP contribution in [0.25, 0.3) is 11.3 Å². The van der Waals surface area contributed by atoms with Gasteiger partial charge in [-0.15, -0.1) is 0 Å². The number of aromatic nitrogens is 2. The van der Waals surface area contributed by atoms with Gasteiger partial charge in [0.1, 0.15) is 12.0 Å². The van der Waals surface area contributed by atoms with Gasteiger partial charge < -0.3 is 10.3 Å². The molecule has 17 heavy (non-hydrogen) atoms. The lowest BCUT2D eigenvalue weighted by Gasteiger charge is -2.22. The van der Waals surface area contributed by atoms with E-state index in [1.54, 1.807) is 0 Å². The first-order chi connectivity index (χ1) is 8.24. The van der Waals surface area contributed by atoms with Crippen molar-refractivity contribution < 1.29 is 4.39 Å². The molecule has 3 rings (SSSR count). The molecule has 1 aromatic heterocycles. The Morgan fingerprint density at radius 2 is 2.06 bits per heavy atom. The molecule has 2 unspecified atom stereocenters. The summed E-state index contributed by atoms with van der Waals surface area (Å²) in [5.74, 6) is 0.790. The van der Waals surface area contributed by atoms with E-state index in [0.29, 0.717) is 13.0 Å². The van der Waals surface area contributed by atoms with Crippen molar-refractivity contribution in [2.24, 2.45) is 5.73 Å². The summed E-state index contributed by atoms with van der Waals surface area (Å²) in [6.07, 6.45) is 1.39. The molecule has 2 heterocycles. The number of imidazole rings is 1. The lowest BCUT2D eigenvalue weighted by atomic mass is 10.1. The van der Waals surface area contributed by atoms with Crippen molar-refractivity contribution in [1.82, 2.24) is 9.55 Å². The third-order valence-corrected chi connectivity index (χ3v) is 3.11. The van der Waals surface area contributed by atoms with Crippen LogP contribution in [0.2, 0.25) is 0 Å². The second-order valence-corrected chi connectivity index (χ2v) is 4.44. The summed E-state index contributed by atoms with van der Waals surface area (Å²) in [5, 5.41) is 0. The van der Waals surface area contributed by atoms with Crippen LogP contribution < -0.4 is 5.73 Å². The lowest BCUT2D eigenvalue weighted by molar-refractivity contribution is 0.230. The number of hydrogen-bond donors (Lipinski definition) is 1. The maximum absolute atomic E-state index is 13.4. The van der Waals surface area contributed by atoms with Gasteiger partial charge in [0.2, 0.25) is 0 Å². The molecular weight excluding hydrogens is 217 g/mol. The molecule has 1 aliphatic rings. The predicted molar refractivity (Wildman–Crippen MR) is 64.1 cm³/mol. The number of halogens is 1. The molecule has 0 spiro atoms. The van der Waals surface area contributed by atoms with Crippen molar-refractivity contribution in [2.45, 2.75) is 25.2 Å². The third kappa shape index (κ3) is 1.85. The molecule has 2 atom stereocenters. The van der Waals surface area contributed by atoms with Crippen LogP contribution >= 0.6 is 0 Å². The largest absolute Gasteiger partial charge is 0.330 e. The Balaban J connectivity index is 2.03. The van der Waals surface area contributed by atoms with Crippen molar-refractivity contribution >= 4 is 0 Å². The molecule has 2 N–H and O–H groups in total. The highest BCUT2D eigenvalue weighted by Gasteiger charge is 2.26. The normalized spacial score (nSPS) is 23.4. The van der Waals surface area contributed by atoms with Crippen molar-refractivity contribution in [3.8, 4) is 11.3 Å². The number of nitrogens with two attached hydrogens (primary N) is 1. The first-order valence-corrected chi connectivity index (χ1v) is 5.76. The van der Waals surface area contributed by atoms with Gasteiger partial charge in [-0.1, -0.05) is 30.3 Å². The quantitative estimate of drug-likeness (QED) is 0.818. The van der Waals surface area contributed by atoms with E-state index in [4.69, 9.17) is 5.73 Å². The average Bonchev–Trinajstić information content (AvgIpc) is 2.74. The van der Waals surface area contributed by atoms with Crippen LogP contribution in [0, 0.1) is 0 Å². The Morgan fingerprint density at radius 1 is 1.29 bits per heavy atom. The number of benzene rings is 1. The number of rotatable bonds is 1. The zero-order valence-corrected chi connectivity index (χ0v) is 9.38. The van der Waals surface area contributed by atoms with E-state index in [0.717, 1.165) is 17.1 Å². The van der Waals surface area contributed by atoms with Crippen molar-refractivity contribution in [3.63, 3.8) is 0 Å². The second-order valence-electron chi connectivity index (χ2n) is 4.44. The minimum absolute atomic E-state index is 0.295. The fourth-order valence-electron chi connectivity index (χ4n) is 2.29. The summed E-state index contributed by atoms with van der Waals surface area (Å²) in [5.41, 5.74) is 7.81. The summed E-state index contributed by atoms with van der Waals surface area (Å²) in [7, 11) is 0. The summed E-state index contributed by atoms with van der Waals surface area (Å²) in [4.78, 5) is 4.51. The minimum Gasteiger partial charge on any atom is -0.330 e. The van der Waals surface area contributed by atoms with E-state index < -0.39 is 6.17 Å². The molecule has 3 nitrogen and oxygen atoms in total. The zero-order chi connectivity index (χ0) is 11.8. The van der Waals surface area contributed by atoms with Gasteiger partial charge in [-0.2, -0.15) is 0 Å². The Kier molecular flexibility index (Phi) is 2.44. The van der Waals surface area contributed by atoms with E-state index in [2.05, 4.69) is 4.98 Å². The maximum atomic E-state index is 13.4. The molecule has 88 valence electrons. The monoisotopic (exact) mass is 231 g/mol. The van der Waals surface area contributed by atoms with Gasteiger partial charge in [-0.05, 0) is 0 Å². The second kappa shape index (κ2) is 3.96. The molecule has 0 bridgehead atoms. The fraction of sp³-hybridized carbons (Fsp3) is 0.308. The Bertz CT molecular complexity index is 521. The number of nitrogens with zero attached hydrogens (tertiary/aromatic N) is 2. The van der Waals surface area contributed by atoms with Crippen LogP contribution in [0.5, 0.6) is 0 Å². The molecule has 1 aliphatic heterocycles. The van der Waals surface area contributed by atoms with E-state index in [1.165, 1.54) is 0 Å². The molecule has 0 radical (unpaired) electrons. The highest BCUT2D eigenvalue weighted by atomic mass is 19.1. The molecule has 1 aromatic carbocycles. The van der Waals surface area contributed by atoms with Crippen molar-refractivity contribution in [1.29, 1.82) is 0 Å². The Morgan fingerprint density at radius 3 is 2.82 bits per heavy atom. The molecule has 2 aromatic rings. The summed E-state index contributed by atoms with van der Waals surface area (Å²) < 4.78 is 15.2. The molecule has 0 saturated heterocycles. The standard InChI is InChI=1S/C13H14FN3/c14-10-6-11(15)13-16-12(8-17(13)7-10)9-4-2-1-3-5-9/h1-5,8,10-11H,6-7,15H2. The van der Waals surface area contributed by atoms with Gasteiger partial charge in [0.05, 0.1) is 18.3 Å². The number of fused-ring (bicyclic) bond motifs is 1. The van der Waals surface area contributed by atoms with Gasteiger partial charge in [0.25, 0.3) is 0 Å². The highest BCUT2D eigenvalue weighted by molar-refractivity contribution is 5.58. The third-order valence-electron chi connectivity index (χ3n) is 3.11. The van der Waals surface area contributed by atoms with Crippen molar-refractivity contribution in [3.05, 3.63) is 42.4 Å². The van der Waals surface area contributed by atoms with Gasteiger partial charge in [-0.25, -0.2) is 9.37 Å². The van der Waals surface area contributed by atoms with Crippen LogP contribution in [0.15, 0.2) is 36.5 Å². The summed E-state index contributed by atoms with van der Waals surface area (Å²) >= 11 is 0. The first-order valence-electron chi connectivity index (χ1n) is 5.76. The van der Waals surface area contributed by atoms with E-state index in [-0.39, 0.29) is 6.04 Å². The zero-order valence-electron chi connectivity index (χ0n) is 9.38. The Hall–Kier alpha value is -1.68. The van der Waals surface area contributed by atoms with E-state index in [1.807, 2.05) is 41.1 Å². The molecule has 0 saturated carbocycles. The highest BCUT2D eigenvalue weighted by Crippen LogP contribution is 2.27. The molecule has 0 aliphatic carbocycles. The maximum Gasteiger partial charge on any atom is 0.126 e. The number of alkyl halides is 1. The molecule has 4 heteroatoms. The molecule has 0 amide bonds. The SMILES string of the molecule is NC1CC(F)Cn2cc(-c3ccccc3)nc21. The first kappa shape index (κ1) is 10.5. The average molecular weight is 231 g/mol. The van der Waals surface area contributed by atoms with Crippen LogP contribution in [0.1, 0.15) is 18.3 Å². The minimum atomic E-state index is -0.865. The van der Waals surface area contributed by atoms with Gasteiger partial charge in [0.15, 0.2) is 0 Å². The summed E-state index contributed by atoms with van der Waals surface area (Å²) in [6, 6.07) is 9.58. The van der Waals surface area contributed by atoms with Crippen LogP contribution in [-0.2, 0) is 6.54 Å². The van der Waals surface area contributed by atoms with Crippen LogP contribution in [-0.4, -0.2) is 15.7 Å². The predicted octanol–water partition coefficient (Wildman–Crippen LogP) is 2.29. The Labute approximate surface area is 99.1 Å². The summed E-state index contributed by atoms with van der Waals surface area (Å²) in [6.45, 7) is 0.364. The van der Waals surface area contributed by atoms with Gasteiger partial charge in [0, 0.05) is 18.2 Å². The van der Waals surface area contributed by atoms with Gasteiger partial charge >= 0.3 is 0 Å². The van der Waals surface area contributed by atoms with Crippen LogP contribution in [0.4, 0.5) is 4.39 Å². The molecular formula is C13H14FN3. The fourth-order valence-corrected chi connectivity index (χ4v) is 2.29. The lowest BCUT2D eigenvalue weighted by Crippen LogP contribution is -2.29. The van der Waals surface area contributed by atoms with Gasteiger partial charge in [-0.3, -0.25) is 0 Å². The van der Waals surface area contributed by atoms with E-state index in [9.17, 15) is 4.39 Å².